The van der Waals surface area contributed by atoms with Crippen molar-refractivity contribution in [3.8, 4) is 17.2 Å². The minimum atomic E-state index is -1.66. The molecule has 0 atom stereocenters. The molecule has 2 aromatic carbocycles. The molecule has 2 amide bonds. The summed E-state index contributed by atoms with van der Waals surface area (Å²) >= 11 is 12.4. The highest BCUT2D eigenvalue weighted by Crippen LogP contribution is 2.40. The second-order valence-electron chi connectivity index (χ2n) is 8.30. The molecule has 0 unspecified atom stereocenters. The molecule has 3 rings (SSSR count). The summed E-state index contributed by atoms with van der Waals surface area (Å²) in [6.07, 6.45) is 1.90. The number of carboxylic acids is 1. The number of hydrogen-bond donors (Lipinski definition) is 3. The molecule has 0 bridgehead atoms. The van der Waals surface area contributed by atoms with Crippen molar-refractivity contribution in [3.05, 3.63) is 45.9 Å². The molecule has 1 saturated heterocycles. The lowest BCUT2D eigenvalue weighted by Crippen LogP contribution is -2.43. The van der Waals surface area contributed by atoms with Gasteiger partial charge < -0.3 is 25.2 Å². The van der Waals surface area contributed by atoms with Crippen molar-refractivity contribution in [3.63, 3.8) is 0 Å². The number of halogens is 2. The SMILES string of the molecule is CC1(C)CCCN(C(=O)c2cc(Oc3c(Cl)cc(NC(=O)C(=O)O)cc3Cl)ccc2O)C1. The smallest absolute Gasteiger partial charge is 0.394 e. The molecule has 0 spiro atoms. The molecule has 1 heterocycles. The van der Waals surface area contributed by atoms with E-state index in [1.54, 1.807) is 4.90 Å². The standard InChI is InChI=1S/C22H22Cl2N2O6/c1-22(2)6-3-7-26(11-22)20(29)14-10-13(4-5-17(14)27)32-18-15(23)8-12(9-16(18)24)25-19(28)21(30)31/h4-5,8-10,27H,3,6-7,11H2,1-2H3,(H,25,28)(H,30,31). The maximum Gasteiger partial charge on any atom is 0.394 e. The van der Waals surface area contributed by atoms with E-state index in [9.17, 15) is 19.5 Å². The minimum absolute atomic E-state index is 0.00348. The van der Waals surface area contributed by atoms with Crippen LogP contribution >= 0.6 is 23.2 Å². The molecule has 0 aromatic heterocycles. The van der Waals surface area contributed by atoms with E-state index in [4.69, 9.17) is 33.0 Å². The van der Waals surface area contributed by atoms with Crippen LogP contribution in [0.5, 0.6) is 17.2 Å². The third kappa shape index (κ3) is 5.44. The second kappa shape index (κ2) is 9.26. The number of piperidine rings is 1. The first-order valence-corrected chi connectivity index (χ1v) is 10.6. The Labute approximate surface area is 194 Å². The Hall–Kier alpha value is -2.97. The number of rotatable bonds is 4. The van der Waals surface area contributed by atoms with Gasteiger partial charge in [0.1, 0.15) is 11.5 Å². The molecule has 0 radical (unpaired) electrons. The highest BCUT2D eigenvalue weighted by Gasteiger charge is 2.30. The van der Waals surface area contributed by atoms with Crippen LogP contribution in [0.1, 0.15) is 37.0 Å². The lowest BCUT2D eigenvalue weighted by Gasteiger charge is -2.38. The molecule has 0 saturated carbocycles. The van der Waals surface area contributed by atoms with Crippen LogP contribution in [0.25, 0.3) is 0 Å². The number of benzene rings is 2. The third-order valence-electron chi connectivity index (χ3n) is 5.06. The summed E-state index contributed by atoms with van der Waals surface area (Å²) in [6, 6.07) is 6.78. The number of carboxylic acid groups (broad SMARTS) is 1. The molecule has 1 aliphatic rings. The molecular formula is C22H22Cl2N2O6. The van der Waals surface area contributed by atoms with Gasteiger partial charge in [0.2, 0.25) is 0 Å². The fourth-order valence-electron chi connectivity index (χ4n) is 3.55. The molecule has 1 fully saturated rings. The fraction of sp³-hybridized carbons (Fsp3) is 0.318. The fourth-order valence-corrected chi connectivity index (χ4v) is 4.11. The Bertz CT molecular complexity index is 1060. The van der Waals surface area contributed by atoms with Gasteiger partial charge in [-0.3, -0.25) is 9.59 Å². The summed E-state index contributed by atoms with van der Waals surface area (Å²) in [5.74, 6) is -3.11. The van der Waals surface area contributed by atoms with Crippen molar-refractivity contribution in [1.29, 1.82) is 0 Å². The van der Waals surface area contributed by atoms with Crippen molar-refractivity contribution in [2.75, 3.05) is 18.4 Å². The van der Waals surface area contributed by atoms with Gasteiger partial charge in [-0.2, -0.15) is 0 Å². The van der Waals surface area contributed by atoms with Gasteiger partial charge in [-0.05, 0) is 48.6 Å². The predicted octanol–water partition coefficient (Wildman–Crippen LogP) is 4.78. The topological polar surface area (TPSA) is 116 Å². The van der Waals surface area contributed by atoms with E-state index in [0.717, 1.165) is 12.8 Å². The van der Waals surface area contributed by atoms with E-state index >= 15 is 0 Å². The normalized spacial score (nSPS) is 15.2. The highest BCUT2D eigenvalue weighted by molar-refractivity contribution is 6.39. The molecular weight excluding hydrogens is 459 g/mol. The quantitative estimate of drug-likeness (QED) is 0.542. The number of carbonyl (C=O) groups excluding carboxylic acids is 2. The van der Waals surface area contributed by atoms with Crippen LogP contribution in [0.3, 0.4) is 0 Å². The first-order chi connectivity index (χ1) is 15.0. The summed E-state index contributed by atoms with van der Waals surface area (Å²) in [5, 5.41) is 21.1. The predicted molar refractivity (Wildman–Crippen MR) is 120 cm³/mol. The molecule has 0 aliphatic carbocycles. The van der Waals surface area contributed by atoms with Gasteiger partial charge in [-0.1, -0.05) is 37.0 Å². The Kier molecular flexibility index (Phi) is 6.85. The van der Waals surface area contributed by atoms with Crippen molar-refractivity contribution in [2.45, 2.75) is 26.7 Å². The average molecular weight is 481 g/mol. The van der Waals surface area contributed by atoms with Crippen LogP contribution in [0, 0.1) is 5.41 Å². The highest BCUT2D eigenvalue weighted by atomic mass is 35.5. The Morgan fingerprint density at radius 1 is 1.12 bits per heavy atom. The summed E-state index contributed by atoms with van der Waals surface area (Å²) in [7, 11) is 0. The van der Waals surface area contributed by atoms with Crippen LogP contribution in [-0.2, 0) is 9.59 Å². The number of nitrogens with zero attached hydrogens (tertiary/aromatic N) is 1. The molecule has 8 nitrogen and oxygen atoms in total. The van der Waals surface area contributed by atoms with Crippen LogP contribution < -0.4 is 10.1 Å². The molecule has 3 N–H and O–H groups in total. The average Bonchev–Trinajstić information content (AvgIpc) is 2.70. The van der Waals surface area contributed by atoms with Gasteiger partial charge in [-0.25, -0.2) is 4.79 Å². The van der Waals surface area contributed by atoms with E-state index in [0.29, 0.717) is 13.1 Å². The van der Waals surface area contributed by atoms with Crippen molar-refractivity contribution in [1.82, 2.24) is 4.90 Å². The van der Waals surface area contributed by atoms with Gasteiger partial charge in [0, 0.05) is 18.8 Å². The maximum absolute atomic E-state index is 13.0. The summed E-state index contributed by atoms with van der Waals surface area (Å²) in [4.78, 5) is 36.7. The number of anilines is 1. The maximum atomic E-state index is 13.0. The number of nitrogens with one attached hydrogen (secondary N) is 1. The minimum Gasteiger partial charge on any atom is -0.507 e. The van der Waals surface area contributed by atoms with E-state index in [-0.39, 0.29) is 49.9 Å². The Balaban J connectivity index is 1.84. The van der Waals surface area contributed by atoms with E-state index in [1.165, 1.54) is 30.3 Å². The zero-order valence-corrected chi connectivity index (χ0v) is 19.0. The molecule has 1 aliphatic heterocycles. The largest absolute Gasteiger partial charge is 0.507 e. The lowest BCUT2D eigenvalue weighted by atomic mass is 9.84. The summed E-state index contributed by atoms with van der Waals surface area (Å²) < 4.78 is 5.75. The number of carbonyl (C=O) groups is 3. The zero-order valence-electron chi connectivity index (χ0n) is 17.4. The van der Waals surface area contributed by atoms with Crippen LogP contribution in [0.15, 0.2) is 30.3 Å². The number of phenolic OH excluding ortho intramolecular Hbond substituents is 1. The lowest BCUT2D eigenvalue weighted by molar-refractivity contribution is -0.147. The van der Waals surface area contributed by atoms with Crippen LogP contribution in [0.2, 0.25) is 10.0 Å². The first kappa shape index (κ1) is 23.7. The molecule has 10 heteroatoms. The number of aromatic hydroxyl groups is 1. The number of amides is 2. The van der Waals surface area contributed by atoms with Crippen molar-refractivity contribution < 1.29 is 29.3 Å². The first-order valence-electron chi connectivity index (χ1n) is 9.80. The van der Waals surface area contributed by atoms with E-state index < -0.39 is 11.9 Å². The molecule has 32 heavy (non-hydrogen) atoms. The second-order valence-corrected chi connectivity index (χ2v) is 9.12. The summed E-state index contributed by atoms with van der Waals surface area (Å²) in [5.41, 5.74) is 0.170. The van der Waals surface area contributed by atoms with Gasteiger partial charge >= 0.3 is 11.9 Å². The summed E-state index contributed by atoms with van der Waals surface area (Å²) in [6.45, 7) is 5.38. The molecule has 2 aromatic rings. The van der Waals surface area contributed by atoms with Crippen LogP contribution in [-0.4, -0.2) is 46.0 Å². The number of ether oxygens (including phenoxy) is 1. The van der Waals surface area contributed by atoms with Gasteiger partial charge in [0.15, 0.2) is 5.75 Å². The van der Waals surface area contributed by atoms with E-state index in [2.05, 4.69) is 19.2 Å². The monoisotopic (exact) mass is 480 g/mol. The zero-order chi connectivity index (χ0) is 23.6. The van der Waals surface area contributed by atoms with Gasteiger partial charge in [0.25, 0.3) is 5.91 Å². The van der Waals surface area contributed by atoms with Gasteiger partial charge in [0.05, 0.1) is 15.6 Å². The number of likely N-dealkylation sites (tertiary alicyclic amines) is 1. The van der Waals surface area contributed by atoms with Crippen molar-refractivity contribution in [2.24, 2.45) is 5.41 Å². The Morgan fingerprint density at radius 3 is 2.38 bits per heavy atom. The van der Waals surface area contributed by atoms with Gasteiger partial charge in [-0.15, -0.1) is 0 Å². The van der Waals surface area contributed by atoms with Crippen LogP contribution in [0.4, 0.5) is 5.69 Å². The van der Waals surface area contributed by atoms with Crippen molar-refractivity contribution >= 4 is 46.7 Å². The molecule has 170 valence electrons. The Morgan fingerprint density at radius 2 is 1.78 bits per heavy atom. The van der Waals surface area contributed by atoms with E-state index in [1.807, 2.05) is 0 Å². The third-order valence-corrected chi connectivity index (χ3v) is 5.62. The number of aliphatic carboxylic acids is 1. The number of phenols is 1. The number of hydrogen-bond acceptors (Lipinski definition) is 5.